The lowest BCUT2D eigenvalue weighted by Gasteiger charge is -1.99. The van der Waals surface area contributed by atoms with Crippen LogP contribution in [0.15, 0.2) is 54.6 Å². The van der Waals surface area contributed by atoms with Gasteiger partial charge in [-0.25, -0.2) is 4.79 Å². The molecule has 2 aromatic carbocycles. The van der Waals surface area contributed by atoms with Gasteiger partial charge in [-0.1, -0.05) is 30.3 Å². The highest BCUT2D eigenvalue weighted by atomic mass is 16.6. The Hall–Kier alpha value is -3.28. The molecular formula is C17H13NO5. The summed E-state index contributed by atoms with van der Waals surface area (Å²) in [6, 6.07) is 12.0. The van der Waals surface area contributed by atoms with Crippen LogP contribution in [0.3, 0.4) is 0 Å². The summed E-state index contributed by atoms with van der Waals surface area (Å²) >= 11 is 0. The number of methoxy groups -OCH3 is 1. The molecule has 0 aromatic heterocycles. The molecule has 6 nitrogen and oxygen atoms in total. The van der Waals surface area contributed by atoms with Crippen LogP contribution < -0.4 is 0 Å². The standard InChI is InChI=1S/C17H13NO5/c1-23-17(20)13-8-5-12(6-9-13)7-10-16(19)14-3-2-4-15(11-14)18(21)22/h2-11H,1H3/b10-7+. The molecule has 0 aliphatic carbocycles. The van der Waals surface area contributed by atoms with E-state index in [-0.39, 0.29) is 17.0 Å². The lowest BCUT2D eigenvalue weighted by Crippen LogP contribution is -2.00. The molecule has 116 valence electrons. The fourth-order valence-corrected chi connectivity index (χ4v) is 1.89. The van der Waals surface area contributed by atoms with Crippen molar-refractivity contribution < 1.29 is 19.2 Å². The van der Waals surface area contributed by atoms with E-state index in [2.05, 4.69) is 4.74 Å². The quantitative estimate of drug-likeness (QED) is 0.278. The highest BCUT2D eigenvalue weighted by molar-refractivity contribution is 6.07. The lowest BCUT2D eigenvalue weighted by atomic mass is 10.1. The van der Waals surface area contributed by atoms with Gasteiger partial charge in [0.15, 0.2) is 5.78 Å². The molecule has 2 rings (SSSR count). The number of ketones is 1. The maximum Gasteiger partial charge on any atom is 0.337 e. The molecule has 23 heavy (non-hydrogen) atoms. The largest absolute Gasteiger partial charge is 0.465 e. The number of ether oxygens (including phenoxy) is 1. The van der Waals surface area contributed by atoms with Crippen molar-refractivity contribution in [1.82, 2.24) is 0 Å². The molecule has 2 aromatic rings. The Labute approximate surface area is 132 Å². The van der Waals surface area contributed by atoms with Gasteiger partial charge in [-0.05, 0) is 23.8 Å². The minimum Gasteiger partial charge on any atom is -0.465 e. The molecule has 0 heterocycles. The van der Waals surface area contributed by atoms with Crippen LogP contribution in [0.4, 0.5) is 5.69 Å². The normalized spacial score (nSPS) is 10.5. The van der Waals surface area contributed by atoms with Crippen molar-refractivity contribution in [2.24, 2.45) is 0 Å². The molecule has 0 aliphatic heterocycles. The summed E-state index contributed by atoms with van der Waals surface area (Å²) in [5.41, 5.74) is 1.24. The number of allylic oxidation sites excluding steroid dienone is 1. The number of esters is 1. The number of carbonyl (C=O) groups excluding carboxylic acids is 2. The van der Waals surface area contributed by atoms with Crippen LogP contribution in [-0.4, -0.2) is 23.8 Å². The average Bonchev–Trinajstić information content (AvgIpc) is 2.59. The van der Waals surface area contributed by atoms with Crippen LogP contribution in [0.25, 0.3) is 6.08 Å². The molecule has 0 fully saturated rings. The Morgan fingerprint density at radius 2 is 1.78 bits per heavy atom. The lowest BCUT2D eigenvalue weighted by molar-refractivity contribution is -0.384. The van der Waals surface area contributed by atoms with Gasteiger partial charge in [0.2, 0.25) is 0 Å². The van der Waals surface area contributed by atoms with Crippen LogP contribution in [0, 0.1) is 10.1 Å². The highest BCUT2D eigenvalue weighted by Gasteiger charge is 2.09. The van der Waals surface area contributed by atoms with E-state index in [1.165, 1.54) is 37.5 Å². The summed E-state index contributed by atoms with van der Waals surface area (Å²) in [6.45, 7) is 0. The molecule has 0 N–H and O–H groups in total. The van der Waals surface area contributed by atoms with E-state index in [0.29, 0.717) is 5.56 Å². The number of nitro groups is 1. The predicted octanol–water partition coefficient (Wildman–Crippen LogP) is 3.28. The minimum absolute atomic E-state index is 0.133. The van der Waals surface area contributed by atoms with E-state index in [0.717, 1.165) is 5.56 Å². The van der Waals surface area contributed by atoms with Gasteiger partial charge in [0.25, 0.3) is 5.69 Å². The summed E-state index contributed by atoms with van der Waals surface area (Å²) in [5, 5.41) is 10.7. The Morgan fingerprint density at radius 3 is 2.39 bits per heavy atom. The van der Waals surface area contributed by atoms with Gasteiger partial charge in [-0.3, -0.25) is 14.9 Å². The monoisotopic (exact) mass is 311 g/mol. The first-order valence-electron chi connectivity index (χ1n) is 6.66. The van der Waals surface area contributed by atoms with Crippen molar-refractivity contribution in [1.29, 1.82) is 0 Å². The molecule has 0 atom stereocenters. The number of hydrogen-bond acceptors (Lipinski definition) is 5. The third-order valence-corrected chi connectivity index (χ3v) is 3.10. The average molecular weight is 311 g/mol. The topological polar surface area (TPSA) is 86.5 Å². The van der Waals surface area contributed by atoms with Crippen molar-refractivity contribution in [3.8, 4) is 0 Å². The number of benzene rings is 2. The van der Waals surface area contributed by atoms with Crippen molar-refractivity contribution in [2.75, 3.05) is 7.11 Å². The molecular weight excluding hydrogens is 298 g/mol. The summed E-state index contributed by atoms with van der Waals surface area (Å²) < 4.78 is 4.60. The minimum atomic E-state index is -0.550. The second-order valence-corrected chi connectivity index (χ2v) is 4.62. The number of carbonyl (C=O) groups is 2. The van der Waals surface area contributed by atoms with E-state index in [1.54, 1.807) is 30.3 Å². The molecule has 0 amide bonds. The fourth-order valence-electron chi connectivity index (χ4n) is 1.89. The van der Waals surface area contributed by atoms with Gasteiger partial charge >= 0.3 is 5.97 Å². The van der Waals surface area contributed by atoms with Gasteiger partial charge in [-0.2, -0.15) is 0 Å². The third kappa shape index (κ3) is 4.10. The predicted molar refractivity (Wildman–Crippen MR) is 84.2 cm³/mol. The number of rotatable bonds is 5. The number of nitro benzene ring substituents is 1. The van der Waals surface area contributed by atoms with Crippen LogP contribution in [0.5, 0.6) is 0 Å². The van der Waals surface area contributed by atoms with E-state index in [9.17, 15) is 19.7 Å². The summed E-state index contributed by atoms with van der Waals surface area (Å²) in [6.07, 6.45) is 2.90. The van der Waals surface area contributed by atoms with Crippen LogP contribution in [-0.2, 0) is 4.74 Å². The first-order valence-corrected chi connectivity index (χ1v) is 6.66. The van der Waals surface area contributed by atoms with Gasteiger partial charge < -0.3 is 4.74 Å². The Kier molecular flexibility index (Phi) is 4.99. The van der Waals surface area contributed by atoms with E-state index in [4.69, 9.17) is 0 Å². The molecule has 0 unspecified atom stereocenters. The zero-order chi connectivity index (χ0) is 16.8. The first kappa shape index (κ1) is 16.1. The Balaban J connectivity index is 2.13. The molecule has 6 heteroatoms. The summed E-state index contributed by atoms with van der Waals surface area (Å²) in [4.78, 5) is 33.5. The van der Waals surface area contributed by atoms with Gasteiger partial charge in [0.05, 0.1) is 17.6 Å². The molecule has 0 saturated carbocycles. The van der Waals surface area contributed by atoms with Gasteiger partial charge in [-0.15, -0.1) is 0 Å². The van der Waals surface area contributed by atoms with Gasteiger partial charge in [0.1, 0.15) is 0 Å². The molecule has 0 bridgehead atoms. The van der Waals surface area contributed by atoms with Crippen LogP contribution in [0.1, 0.15) is 26.3 Å². The van der Waals surface area contributed by atoms with E-state index < -0.39 is 10.9 Å². The summed E-state index contributed by atoms with van der Waals surface area (Å²) in [7, 11) is 1.30. The smallest absolute Gasteiger partial charge is 0.337 e. The maximum atomic E-state index is 12.0. The zero-order valence-corrected chi connectivity index (χ0v) is 12.3. The molecule has 0 spiro atoms. The Bertz CT molecular complexity index is 778. The van der Waals surface area contributed by atoms with Crippen molar-refractivity contribution >= 4 is 23.5 Å². The maximum absolute atomic E-state index is 12.0. The number of hydrogen-bond donors (Lipinski definition) is 0. The number of nitrogens with zero attached hydrogens (tertiary/aromatic N) is 1. The van der Waals surface area contributed by atoms with Crippen LogP contribution >= 0.6 is 0 Å². The Morgan fingerprint density at radius 1 is 1.09 bits per heavy atom. The highest BCUT2D eigenvalue weighted by Crippen LogP contribution is 2.14. The van der Waals surface area contributed by atoms with Crippen molar-refractivity contribution in [3.05, 3.63) is 81.4 Å². The number of non-ortho nitro benzene ring substituents is 1. The van der Waals surface area contributed by atoms with E-state index >= 15 is 0 Å². The second-order valence-electron chi connectivity index (χ2n) is 4.62. The van der Waals surface area contributed by atoms with E-state index in [1.807, 2.05) is 0 Å². The van der Waals surface area contributed by atoms with Gasteiger partial charge in [0, 0.05) is 17.7 Å². The SMILES string of the molecule is COC(=O)c1ccc(/C=C/C(=O)c2cccc([N+](=O)[O-])c2)cc1. The third-order valence-electron chi connectivity index (χ3n) is 3.10. The summed E-state index contributed by atoms with van der Waals surface area (Å²) in [5.74, 6) is -0.779. The molecule has 0 saturated heterocycles. The second kappa shape index (κ2) is 7.13. The van der Waals surface area contributed by atoms with Crippen molar-refractivity contribution in [3.63, 3.8) is 0 Å². The molecule has 0 radical (unpaired) electrons. The fraction of sp³-hybridized carbons (Fsp3) is 0.0588. The van der Waals surface area contributed by atoms with Crippen molar-refractivity contribution in [2.45, 2.75) is 0 Å². The van der Waals surface area contributed by atoms with Crippen LogP contribution in [0.2, 0.25) is 0 Å². The first-order chi connectivity index (χ1) is 11.0. The molecule has 0 aliphatic rings. The zero-order valence-electron chi connectivity index (χ0n) is 12.3.